The molecule has 1 saturated carbocycles. The average molecular weight is 482 g/mol. The van der Waals surface area contributed by atoms with Crippen molar-refractivity contribution in [3.05, 3.63) is 35.4 Å². The van der Waals surface area contributed by atoms with Crippen LogP contribution in [0.5, 0.6) is 0 Å². The van der Waals surface area contributed by atoms with Crippen molar-refractivity contribution in [3.63, 3.8) is 0 Å². The van der Waals surface area contributed by atoms with Gasteiger partial charge in [-0.1, -0.05) is 24.3 Å². The number of hydrogen-bond donors (Lipinski definition) is 2. The zero-order valence-electron chi connectivity index (χ0n) is 16.2. The topological polar surface area (TPSA) is 56.7 Å². The van der Waals surface area contributed by atoms with Gasteiger partial charge in [0.25, 0.3) is 0 Å². The number of likely N-dealkylation sites (tertiary alicyclic amines) is 1. The van der Waals surface area contributed by atoms with Crippen molar-refractivity contribution < 1.29 is 4.79 Å². The Balaban J connectivity index is 0.00000210. The molecule has 3 aliphatic rings. The molecule has 4 rings (SSSR count). The van der Waals surface area contributed by atoms with Gasteiger partial charge in [-0.3, -0.25) is 9.79 Å². The highest BCUT2D eigenvalue weighted by Crippen LogP contribution is 2.43. The van der Waals surface area contributed by atoms with Crippen molar-refractivity contribution in [2.45, 2.75) is 56.4 Å². The van der Waals surface area contributed by atoms with Gasteiger partial charge in [0, 0.05) is 31.6 Å². The second-order valence-electron chi connectivity index (χ2n) is 8.06. The third-order valence-electron chi connectivity index (χ3n) is 6.13. The third-order valence-corrected chi connectivity index (χ3v) is 6.13. The molecule has 1 heterocycles. The number of guanidine groups is 1. The van der Waals surface area contributed by atoms with Crippen molar-refractivity contribution in [2.75, 3.05) is 26.7 Å². The van der Waals surface area contributed by atoms with Gasteiger partial charge < -0.3 is 15.5 Å². The number of nitrogens with one attached hydrogen (secondary N) is 2. The lowest BCUT2D eigenvalue weighted by Crippen LogP contribution is -2.54. The van der Waals surface area contributed by atoms with Gasteiger partial charge in [-0.05, 0) is 56.1 Å². The van der Waals surface area contributed by atoms with E-state index in [2.05, 4.69) is 44.8 Å². The highest BCUT2D eigenvalue weighted by molar-refractivity contribution is 14.0. The van der Waals surface area contributed by atoms with Crippen LogP contribution in [0.25, 0.3) is 0 Å². The Kier molecular flexibility index (Phi) is 6.65. The summed E-state index contributed by atoms with van der Waals surface area (Å²) < 4.78 is 0. The molecule has 1 atom stereocenters. The van der Waals surface area contributed by atoms with Crippen LogP contribution < -0.4 is 10.6 Å². The number of amides is 1. The third kappa shape index (κ3) is 4.58. The minimum atomic E-state index is 0. The minimum Gasteiger partial charge on any atom is -0.352 e. The monoisotopic (exact) mass is 482 g/mol. The first-order chi connectivity index (χ1) is 12.7. The average Bonchev–Trinajstić information content (AvgIpc) is 3.47. The molecule has 0 radical (unpaired) electrons. The summed E-state index contributed by atoms with van der Waals surface area (Å²) in [5.74, 6) is 0.932. The van der Waals surface area contributed by atoms with E-state index in [1.807, 2.05) is 7.05 Å². The molecule has 1 saturated heterocycles. The van der Waals surface area contributed by atoms with Gasteiger partial charge in [-0.25, -0.2) is 0 Å². The summed E-state index contributed by atoms with van der Waals surface area (Å²) in [6.45, 7) is 2.31. The largest absolute Gasteiger partial charge is 0.352 e. The fraction of sp³-hybridized carbons (Fsp3) is 0.619. The summed E-state index contributed by atoms with van der Waals surface area (Å²) in [6, 6.07) is 9.38. The Bertz CT molecular complexity index is 703. The van der Waals surface area contributed by atoms with Crippen LogP contribution in [0.2, 0.25) is 0 Å². The first-order valence-electron chi connectivity index (χ1n) is 10.0. The van der Waals surface area contributed by atoms with Crippen molar-refractivity contribution in [2.24, 2.45) is 4.99 Å². The molecule has 1 unspecified atom stereocenters. The summed E-state index contributed by atoms with van der Waals surface area (Å²) >= 11 is 0. The highest BCUT2D eigenvalue weighted by Gasteiger charge is 2.40. The number of nitrogens with zero attached hydrogens (tertiary/aromatic N) is 2. The molecule has 27 heavy (non-hydrogen) atoms. The molecule has 0 bridgehead atoms. The van der Waals surface area contributed by atoms with E-state index in [0.717, 1.165) is 31.9 Å². The number of hydrogen-bond acceptors (Lipinski definition) is 2. The number of piperidine rings is 1. The first-order valence-corrected chi connectivity index (χ1v) is 10.0. The molecular formula is C21H31IN4O. The predicted molar refractivity (Wildman–Crippen MR) is 120 cm³/mol. The molecule has 1 aromatic rings. The highest BCUT2D eigenvalue weighted by atomic mass is 127. The van der Waals surface area contributed by atoms with E-state index in [1.54, 1.807) is 0 Å². The van der Waals surface area contributed by atoms with Gasteiger partial charge in [0.2, 0.25) is 5.91 Å². The lowest BCUT2D eigenvalue weighted by atomic mass is 9.66. The molecule has 1 aliphatic heterocycles. The van der Waals surface area contributed by atoms with Gasteiger partial charge in [0.15, 0.2) is 5.96 Å². The maximum absolute atomic E-state index is 12.0. The van der Waals surface area contributed by atoms with Crippen molar-refractivity contribution in [1.82, 2.24) is 15.5 Å². The van der Waals surface area contributed by atoms with E-state index < -0.39 is 0 Å². The van der Waals surface area contributed by atoms with E-state index in [0.29, 0.717) is 12.6 Å². The Labute approximate surface area is 179 Å². The number of fused-ring (bicyclic) bond motifs is 2. The second-order valence-corrected chi connectivity index (χ2v) is 8.06. The number of carbonyl (C=O) groups excluding carboxylic acids is 1. The Hall–Kier alpha value is -1.31. The zero-order chi connectivity index (χ0) is 18.0. The van der Waals surface area contributed by atoms with Crippen LogP contribution in [0.3, 0.4) is 0 Å². The van der Waals surface area contributed by atoms with Crippen LogP contribution in [0.15, 0.2) is 29.3 Å². The zero-order valence-corrected chi connectivity index (χ0v) is 18.5. The molecule has 1 spiro atoms. The van der Waals surface area contributed by atoms with Crippen LogP contribution in [-0.4, -0.2) is 49.5 Å². The van der Waals surface area contributed by atoms with Crippen molar-refractivity contribution in [1.29, 1.82) is 0 Å². The van der Waals surface area contributed by atoms with Crippen LogP contribution in [0.1, 0.15) is 49.7 Å². The quantitative estimate of drug-likeness (QED) is 0.396. The number of aryl methyl sites for hydroxylation is 1. The predicted octanol–water partition coefficient (Wildman–Crippen LogP) is 2.83. The van der Waals surface area contributed by atoms with Gasteiger partial charge in [0.1, 0.15) is 0 Å². The number of benzene rings is 1. The lowest BCUT2D eigenvalue weighted by molar-refractivity contribution is -0.120. The summed E-state index contributed by atoms with van der Waals surface area (Å²) in [4.78, 5) is 18.8. The van der Waals surface area contributed by atoms with Gasteiger partial charge >= 0.3 is 0 Å². The molecule has 2 N–H and O–H groups in total. The van der Waals surface area contributed by atoms with E-state index in [-0.39, 0.29) is 35.3 Å². The molecule has 2 fully saturated rings. The molecule has 5 nitrogen and oxygen atoms in total. The fourth-order valence-electron chi connectivity index (χ4n) is 4.74. The summed E-state index contributed by atoms with van der Waals surface area (Å²) in [7, 11) is 1.82. The lowest BCUT2D eigenvalue weighted by Gasteiger charge is -2.47. The number of rotatable bonds is 3. The number of aliphatic imine (C=N–C) groups is 1. The van der Waals surface area contributed by atoms with E-state index in [4.69, 9.17) is 0 Å². The van der Waals surface area contributed by atoms with Crippen LogP contribution in [-0.2, 0) is 16.6 Å². The molecule has 0 aromatic heterocycles. The summed E-state index contributed by atoms with van der Waals surface area (Å²) in [5.41, 5.74) is 3.30. The first kappa shape index (κ1) is 20.4. The number of halogens is 1. The fourth-order valence-corrected chi connectivity index (χ4v) is 4.74. The molecule has 1 amide bonds. The standard InChI is InChI=1S/C21H30N4O.HI/c1-22-20(23-14-19(26)24-17-9-10-17)25-13-5-12-21(15-25)11-4-7-16-6-2-3-8-18(16)21;/h2-3,6,8,17H,4-5,7,9-15H2,1H3,(H,22,23)(H,24,26);1H. The normalized spacial score (nSPS) is 24.8. The Morgan fingerprint density at radius 2 is 2.04 bits per heavy atom. The van der Waals surface area contributed by atoms with Gasteiger partial charge in [-0.2, -0.15) is 0 Å². The van der Waals surface area contributed by atoms with Crippen LogP contribution in [0.4, 0.5) is 0 Å². The van der Waals surface area contributed by atoms with E-state index in [9.17, 15) is 4.79 Å². The maximum Gasteiger partial charge on any atom is 0.239 e. The van der Waals surface area contributed by atoms with Gasteiger partial charge in [-0.15, -0.1) is 24.0 Å². The minimum absolute atomic E-state index is 0. The molecule has 1 aromatic carbocycles. The smallest absolute Gasteiger partial charge is 0.239 e. The summed E-state index contributed by atoms with van der Waals surface area (Å²) in [6.07, 6.45) is 8.37. The molecule has 148 valence electrons. The van der Waals surface area contributed by atoms with E-state index >= 15 is 0 Å². The molecule has 6 heteroatoms. The molecule has 2 aliphatic carbocycles. The molecular weight excluding hydrogens is 451 g/mol. The Morgan fingerprint density at radius 3 is 2.81 bits per heavy atom. The number of carbonyl (C=O) groups is 1. The Morgan fingerprint density at radius 1 is 1.26 bits per heavy atom. The van der Waals surface area contributed by atoms with Crippen LogP contribution >= 0.6 is 24.0 Å². The van der Waals surface area contributed by atoms with Crippen LogP contribution in [0, 0.1) is 0 Å². The SMILES string of the molecule is CN=C(NCC(=O)NC1CC1)N1CCCC2(CCCc3ccccc32)C1.I. The van der Waals surface area contributed by atoms with Gasteiger partial charge in [0.05, 0.1) is 6.54 Å². The maximum atomic E-state index is 12.0. The summed E-state index contributed by atoms with van der Waals surface area (Å²) in [5, 5.41) is 6.31. The van der Waals surface area contributed by atoms with Crippen molar-refractivity contribution >= 4 is 35.8 Å². The van der Waals surface area contributed by atoms with Crippen molar-refractivity contribution in [3.8, 4) is 0 Å². The second kappa shape index (κ2) is 8.80. The van der Waals surface area contributed by atoms with E-state index in [1.165, 1.54) is 43.2 Å².